The maximum atomic E-state index is 13.7. The van der Waals surface area contributed by atoms with Crippen LogP contribution in [0.3, 0.4) is 0 Å². The van der Waals surface area contributed by atoms with Gasteiger partial charge >= 0.3 is 5.69 Å². The maximum Gasteiger partial charge on any atom is 0.329 e. The van der Waals surface area contributed by atoms with Gasteiger partial charge in [0.25, 0.3) is 11.5 Å². The number of aromatic nitrogens is 3. The van der Waals surface area contributed by atoms with Crippen LogP contribution in [0.4, 0.5) is 5.69 Å². The molecular formula is C25H29N5O4. The van der Waals surface area contributed by atoms with E-state index < -0.39 is 11.2 Å². The van der Waals surface area contributed by atoms with Gasteiger partial charge in [-0.2, -0.15) is 0 Å². The number of methoxy groups -OCH3 is 1. The van der Waals surface area contributed by atoms with Crippen LogP contribution >= 0.6 is 0 Å². The molecule has 1 amide bonds. The van der Waals surface area contributed by atoms with Gasteiger partial charge in [0, 0.05) is 50.0 Å². The highest BCUT2D eigenvalue weighted by Gasteiger charge is 2.30. The molecule has 0 atom stereocenters. The van der Waals surface area contributed by atoms with Crippen LogP contribution in [-0.2, 0) is 6.54 Å². The highest BCUT2D eigenvalue weighted by Crippen LogP contribution is 2.40. The monoisotopic (exact) mass is 463 g/mol. The Morgan fingerprint density at radius 2 is 1.88 bits per heavy atom. The van der Waals surface area contributed by atoms with Gasteiger partial charge in [-0.1, -0.05) is 0 Å². The van der Waals surface area contributed by atoms with Crippen molar-refractivity contribution in [3.05, 3.63) is 62.4 Å². The molecule has 1 saturated heterocycles. The fourth-order valence-electron chi connectivity index (χ4n) is 4.69. The van der Waals surface area contributed by atoms with E-state index in [2.05, 4.69) is 14.9 Å². The first-order chi connectivity index (χ1) is 16.5. The molecule has 1 N–H and O–H groups in total. The number of pyridine rings is 1. The van der Waals surface area contributed by atoms with Crippen molar-refractivity contribution in [2.75, 3.05) is 38.2 Å². The maximum absolute atomic E-state index is 13.7. The second-order valence-electron chi connectivity index (χ2n) is 8.90. The van der Waals surface area contributed by atoms with Gasteiger partial charge in [0.2, 0.25) is 0 Å². The quantitative estimate of drug-likeness (QED) is 0.623. The molecule has 0 unspecified atom stereocenters. The Morgan fingerprint density at radius 1 is 1.12 bits per heavy atom. The van der Waals surface area contributed by atoms with E-state index in [-0.39, 0.29) is 17.2 Å². The lowest BCUT2D eigenvalue weighted by atomic mass is 10.1. The van der Waals surface area contributed by atoms with Gasteiger partial charge in [0.05, 0.1) is 18.1 Å². The van der Waals surface area contributed by atoms with Crippen LogP contribution in [0.5, 0.6) is 5.75 Å². The summed E-state index contributed by atoms with van der Waals surface area (Å²) < 4.78 is 6.69. The summed E-state index contributed by atoms with van der Waals surface area (Å²) in [6, 6.07) is 9.70. The molecule has 34 heavy (non-hydrogen) atoms. The number of benzene rings is 1. The molecule has 5 rings (SSSR count). The van der Waals surface area contributed by atoms with Crippen molar-refractivity contribution in [3.63, 3.8) is 0 Å². The van der Waals surface area contributed by atoms with Crippen molar-refractivity contribution in [2.45, 2.75) is 38.6 Å². The van der Waals surface area contributed by atoms with E-state index in [0.717, 1.165) is 42.9 Å². The van der Waals surface area contributed by atoms with Gasteiger partial charge in [0.15, 0.2) is 5.65 Å². The summed E-state index contributed by atoms with van der Waals surface area (Å²) in [5, 5.41) is 0.201. The van der Waals surface area contributed by atoms with Gasteiger partial charge in [0.1, 0.15) is 5.75 Å². The van der Waals surface area contributed by atoms with Gasteiger partial charge in [-0.25, -0.2) is 9.78 Å². The van der Waals surface area contributed by atoms with Gasteiger partial charge < -0.3 is 14.5 Å². The number of carbonyl (C=O) groups excluding carboxylic acids is 1. The topological polar surface area (TPSA) is 101 Å². The molecule has 2 fully saturated rings. The summed E-state index contributed by atoms with van der Waals surface area (Å²) in [4.78, 5) is 50.1. The van der Waals surface area contributed by atoms with E-state index in [1.165, 1.54) is 4.57 Å². The summed E-state index contributed by atoms with van der Waals surface area (Å²) in [5.74, 6) is 0.908. The second kappa shape index (κ2) is 8.96. The normalized spacial score (nSPS) is 16.5. The molecule has 1 saturated carbocycles. The number of carbonyl (C=O) groups is 1. The number of aromatic amines is 1. The Hall–Kier alpha value is -3.62. The van der Waals surface area contributed by atoms with E-state index in [4.69, 9.17) is 4.74 Å². The fraction of sp³-hybridized carbons (Fsp3) is 0.440. The van der Waals surface area contributed by atoms with Crippen LogP contribution in [0, 0.1) is 0 Å². The Bertz CT molecular complexity index is 1340. The number of nitrogens with one attached hydrogen (secondary N) is 1. The van der Waals surface area contributed by atoms with Crippen molar-refractivity contribution in [2.24, 2.45) is 0 Å². The lowest BCUT2D eigenvalue weighted by molar-refractivity contribution is 0.0768. The van der Waals surface area contributed by atoms with Crippen molar-refractivity contribution in [1.82, 2.24) is 19.4 Å². The number of hydrogen-bond donors (Lipinski definition) is 1. The zero-order valence-corrected chi connectivity index (χ0v) is 19.5. The minimum atomic E-state index is -0.558. The first-order valence-electron chi connectivity index (χ1n) is 11.9. The molecule has 1 aromatic carbocycles. The summed E-state index contributed by atoms with van der Waals surface area (Å²) in [5.41, 5.74) is 1.47. The largest absolute Gasteiger partial charge is 0.497 e. The number of ether oxygens (including phenoxy) is 1. The molecule has 0 spiro atoms. The van der Waals surface area contributed by atoms with Crippen LogP contribution in [0.15, 0.2) is 39.9 Å². The van der Waals surface area contributed by atoms with Crippen LogP contribution in [0.25, 0.3) is 11.0 Å². The summed E-state index contributed by atoms with van der Waals surface area (Å²) >= 11 is 0. The molecule has 178 valence electrons. The summed E-state index contributed by atoms with van der Waals surface area (Å²) in [6.07, 6.45) is 2.82. The van der Waals surface area contributed by atoms with Gasteiger partial charge in [-0.3, -0.25) is 19.1 Å². The van der Waals surface area contributed by atoms with E-state index in [1.807, 2.05) is 36.1 Å². The number of anilines is 1. The SMILES string of the molecule is CCn1c(=O)[nH]c(=O)c2c(C(=O)N3CCCN(c4ccc(OC)cc4)CC3)cc(C3CC3)nc21. The number of H-pyrrole nitrogens is 1. The van der Waals surface area contributed by atoms with Crippen LogP contribution in [0.1, 0.15) is 48.2 Å². The third-order valence-electron chi connectivity index (χ3n) is 6.73. The average molecular weight is 464 g/mol. The molecule has 2 aromatic heterocycles. The molecule has 1 aliphatic heterocycles. The number of rotatable bonds is 5. The lowest BCUT2D eigenvalue weighted by Gasteiger charge is -2.24. The Morgan fingerprint density at radius 3 is 2.56 bits per heavy atom. The van der Waals surface area contributed by atoms with Crippen molar-refractivity contribution in [1.29, 1.82) is 0 Å². The first-order valence-corrected chi connectivity index (χ1v) is 11.9. The van der Waals surface area contributed by atoms with Gasteiger partial charge in [-0.15, -0.1) is 0 Å². The third kappa shape index (κ3) is 4.06. The van der Waals surface area contributed by atoms with Crippen molar-refractivity contribution < 1.29 is 9.53 Å². The van der Waals surface area contributed by atoms with E-state index in [0.29, 0.717) is 37.4 Å². The minimum absolute atomic E-state index is 0.183. The zero-order valence-electron chi connectivity index (χ0n) is 19.5. The molecular weight excluding hydrogens is 434 g/mol. The average Bonchev–Trinajstić information content (AvgIpc) is 3.70. The molecule has 3 heterocycles. The Balaban J connectivity index is 1.48. The third-order valence-corrected chi connectivity index (χ3v) is 6.73. The number of nitrogens with zero attached hydrogens (tertiary/aromatic N) is 4. The molecule has 0 radical (unpaired) electrons. The molecule has 9 heteroatoms. The van der Waals surface area contributed by atoms with Crippen molar-refractivity contribution >= 4 is 22.6 Å². The summed E-state index contributed by atoms with van der Waals surface area (Å²) in [6.45, 7) is 4.84. The smallest absolute Gasteiger partial charge is 0.329 e. The minimum Gasteiger partial charge on any atom is -0.497 e. The predicted octanol–water partition coefficient (Wildman–Crippen LogP) is 2.34. The Kier molecular flexibility index (Phi) is 5.85. The molecule has 3 aromatic rings. The van der Waals surface area contributed by atoms with Gasteiger partial charge in [-0.05, 0) is 56.5 Å². The number of hydrogen-bond acceptors (Lipinski definition) is 6. The summed E-state index contributed by atoms with van der Waals surface area (Å²) in [7, 11) is 1.65. The number of aryl methyl sites for hydroxylation is 1. The standard InChI is InChI=1S/C25H29N5O4/c1-3-30-22-21(23(31)27-25(30)33)19(15-20(26-22)16-5-6-16)24(32)29-12-4-11-28(13-14-29)17-7-9-18(34-2)10-8-17/h7-10,15-16H,3-6,11-14H2,1-2H3,(H,27,31,33). The van der Waals surface area contributed by atoms with E-state index in [1.54, 1.807) is 13.2 Å². The number of fused-ring (bicyclic) bond motifs is 1. The van der Waals surface area contributed by atoms with Crippen LogP contribution < -0.4 is 20.9 Å². The molecule has 9 nitrogen and oxygen atoms in total. The van der Waals surface area contributed by atoms with Crippen LogP contribution in [-0.4, -0.2) is 58.6 Å². The lowest BCUT2D eigenvalue weighted by Crippen LogP contribution is -2.37. The van der Waals surface area contributed by atoms with E-state index in [9.17, 15) is 14.4 Å². The molecule has 1 aliphatic carbocycles. The highest BCUT2D eigenvalue weighted by molar-refractivity contribution is 6.05. The van der Waals surface area contributed by atoms with E-state index >= 15 is 0 Å². The fourth-order valence-corrected chi connectivity index (χ4v) is 4.69. The van der Waals surface area contributed by atoms with Crippen molar-refractivity contribution in [3.8, 4) is 5.75 Å². The number of amides is 1. The Labute approximate surface area is 197 Å². The highest BCUT2D eigenvalue weighted by atomic mass is 16.5. The second-order valence-corrected chi connectivity index (χ2v) is 8.90. The molecule has 2 aliphatic rings. The first kappa shape index (κ1) is 22.2. The van der Waals surface area contributed by atoms with Crippen LogP contribution in [0.2, 0.25) is 0 Å². The predicted molar refractivity (Wildman–Crippen MR) is 130 cm³/mol. The molecule has 0 bridgehead atoms. The zero-order chi connectivity index (χ0) is 23.8.